The summed E-state index contributed by atoms with van der Waals surface area (Å²) in [6.07, 6.45) is 2.35. The number of carbonyl (C=O) groups is 1. The minimum Gasteiger partial charge on any atom is -0.484 e. The third-order valence-electron chi connectivity index (χ3n) is 3.37. The summed E-state index contributed by atoms with van der Waals surface area (Å²) < 4.78 is 5.43. The molecule has 2 aromatic carbocycles. The van der Waals surface area contributed by atoms with Crippen molar-refractivity contribution in [2.75, 3.05) is 6.61 Å². The van der Waals surface area contributed by atoms with Crippen molar-refractivity contribution in [2.24, 2.45) is 5.10 Å². The molecule has 0 aliphatic heterocycles. The van der Waals surface area contributed by atoms with Crippen LogP contribution in [0.3, 0.4) is 0 Å². The van der Waals surface area contributed by atoms with Crippen molar-refractivity contribution in [3.05, 3.63) is 65.7 Å². The summed E-state index contributed by atoms with van der Waals surface area (Å²) in [6.45, 7) is 4.22. The first-order chi connectivity index (χ1) is 11.1. The van der Waals surface area contributed by atoms with Crippen molar-refractivity contribution < 1.29 is 9.53 Å². The van der Waals surface area contributed by atoms with Crippen LogP contribution < -0.4 is 10.2 Å². The van der Waals surface area contributed by atoms with Gasteiger partial charge in [-0.2, -0.15) is 5.10 Å². The molecule has 2 aromatic rings. The topological polar surface area (TPSA) is 50.7 Å². The molecule has 0 aliphatic rings. The zero-order chi connectivity index (χ0) is 16.5. The Balaban J connectivity index is 1.70. The van der Waals surface area contributed by atoms with Gasteiger partial charge in [-0.15, -0.1) is 0 Å². The average molecular weight is 310 g/mol. The molecule has 0 saturated heterocycles. The number of benzene rings is 2. The van der Waals surface area contributed by atoms with Crippen molar-refractivity contribution in [3.63, 3.8) is 0 Å². The molecule has 0 fully saturated rings. The van der Waals surface area contributed by atoms with Crippen LogP contribution >= 0.6 is 0 Å². The van der Waals surface area contributed by atoms with Gasteiger partial charge in [0.25, 0.3) is 5.91 Å². The highest BCUT2D eigenvalue weighted by molar-refractivity contribution is 5.78. The maximum Gasteiger partial charge on any atom is 0.277 e. The molecule has 4 nitrogen and oxygen atoms in total. The van der Waals surface area contributed by atoms with Crippen molar-refractivity contribution in [3.8, 4) is 5.75 Å². The predicted octanol–water partition coefficient (Wildman–Crippen LogP) is 3.53. The van der Waals surface area contributed by atoms with Gasteiger partial charge in [0.1, 0.15) is 5.75 Å². The zero-order valence-electron chi connectivity index (χ0n) is 13.5. The van der Waals surface area contributed by atoms with Crippen LogP contribution in [0.25, 0.3) is 0 Å². The normalized spacial score (nSPS) is 10.9. The number of hydrogen-bond acceptors (Lipinski definition) is 3. The van der Waals surface area contributed by atoms with Gasteiger partial charge in [-0.3, -0.25) is 4.79 Å². The van der Waals surface area contributed by atoms with Gasteiger partial charge in [-0.05, 0) is 29.2 Å². The van der Waals surface area contributed by atoms with Crippen molar-refractivity contribution in [1.29, 1.82) is 0 Å². The Hall–Kier alpha value is -2.62. The second-order valence-corrected chi connectivity index (χ2v) is 5.55. The Morgan fingerprint density at radius 2 is 1.83 bits per heavy atom. The number of rotatable bonds is 7. The third kappa shape index (κ3) is 5.94. The second-order valence-electron chi connectivity index (χ2n) is 5.55. The fraction of sp³-hybridized carbons (Fsp3) is 0.263. The molecule has 0 saturated carbocycles. The monoisotopic (exact) mass is 310 g/mol. The lowest BCUT2D eigenvalue weighted by atomic mass is 10.0. The highest BCUT2D eigenvalue weighted by Gasteiger charge is 2.03. The van der Waals surface area contributed by atoms with Crippen molar-refractivity contribution in [2.45, 2.75) is 26.2 Å². The number of nitrogens with zero attached hydrogens (tertiary/aromatic N) is 1. The van der Waals surface area contributed by atoms with Gasteiger partial charge in [0.15, 0.2) is 6.61 Å². The SMILES string of the molecule is CC(C)c1ccc(OCC(=O)N/N=C/Cc2ccccc2)cc1. The minimum atomic E-state index is -0.276. The first kappa shape index (κ1) is 16.7. The number of ether oxygens (including phenoxy) is 1. The second kappa shape index (κ2) is 8.73. The third-order valence-corrected chi connectivity index (χ3v) is 3.37. The predicted molar refractivity (Wildman–Crippen MR) is 92.8 cm³/mol. The molecule has 0 bridgehead atoms. The molecule has 0 aliphatic carbocycles. The van der Waals surface area contributed by atoms with Crippen molar-refractivity contribution in [1.82, 2.24) is 5.43 Å². The zero-order valence-corrected chi connectivity index (χ0v) is 13.5. The average Bonchev–Trinajstić information content (AvgIpc) is 2.58. The lowest BCUT2D eigenvalue weighted by Gasteiger charge is -2.08. The summed E-state index contributed by atoms with van der Waals surface area (Å²) >= 11 is 0. The van der Waals surface area contributed by atoms with E-state index in [1.54, 1.807) is 6.21 Å². The molecule has 4 heteroatoms. The first-order valence-corrected chi connectivity index (χ1v) is 7.72. The number of amides is 1. The fourth-order valence-electron chi connectivity index (χ4n) is 2.01. The molecule has 120 valence electrons. The molecule has 0 radical (unpaired) electrons. The van der Waals surface area contributed by atoms with E-state index >= 15 is 0 Å². The lowest BCUT2D eigenvalue weighted by molar-refractivity contribution is -0.123. The smallest absolute Gasteiger partial charge is 0.277 e. The standard InChI is InChI=1S/C19H22N2O2/c1-15(2)17-8-10-18(11-9-17)23-14-19(22)21-20-13-12-16-6-4-3-5-7-16/h3-11,13,15H,12,14H2,1-2H3,(H,21,22)/b20-13+. The van der Waals surface area contributed by atoms with E-state index in [0.29, 0.717) is 18.1 Å². The van der Waals surface area contributed by atoms with Crippen LogP contribution in [0.4, 0.5) is 0 Å². The molecule has 1 N–H and O–H groups in total. The van der Waals surface area contributed by atoms with E-state index < -0.39 is 0 Å². The lowest BCUT2D eigenvalue weighted by Crippen LogP contribution is -2.24. The van der Waals surface area contributed by atoms with E-state index in [4.69, 9.17) is 4.74 Å². The van der Waals surface area contributed by atoms with Gasteiger partial charge < -0.3 is 4.74 Å². The fourth-order valence-corrected chi connectivity index (χ4v) is 2.01. The Morgan fingerprint density at radius 1 is 1.13 bits per heavy atom. The largest absolute Gasteiger partial charge is 0.484 e. The van der Waals surface area contributed by atoms with Crippen LogP contribution in [0.5, 0.6) is 5.75 Å². The molecule has 0 spiro atoms. The molecule has 1 amide bonds. The summed E-state index contributed by atoms with van der Waals surface area (Å²) in [7, 11) is 0. The minimum absolute atomic E-state index is 0.0519. The Labute approximate surface area is 137 Å². The molecule has 23 heavy (non-hydrogen) atoms. The summed E-state index contributed by atoms with van der Waals surface area (Å²) in [5.74, 6) is 0.881. The van der Waals surface area contributed by atoms with Gasteiger partial charge in [-0.1, -0.05) is 56.3 Å². The molecule has 0 unspecified atom stereocenters. The molecule has 2 rings (SSSR count). The highest BCUT2D eigenvalue weighted by atomic mass is 16.5. The van der Waals surface area contributed by atoms with Crippen LogP contribution in [-0.2, 0) is 11.2 Å². The summed E-state index contributed by atoms with van der Waals surface area (Å²) in [5, 5.41) is 3.91. The quantitative estimate of drug-likeness (QED) is 0.628. The molecule has 0 atom stereocenters. The maximum atomic E-state index is 11.7. The van der Waals surface area contributed by atoms with E-state index in [1.165, 1.54) is 5.56 Å². The molecular formula is C19H22N2O2. The Bertz CT molecular complexity index is 634. The van der Waals surface area contributed by atoms with Crippen molar-refractivity contribution >= 4 is 12.1 Å². The van der Waals surface area contributed by atoms with Crippen LogP contribution in [0.1, 0.15) is 30.9 Å². The highest BCUT2D eigenvalue weighted by Crippen LogP contribution is 2.18. The maximum absolute atomic E-state index is 11.7. The van der Waals surface area contributed by atoms with Crippen LogP contribution in [-0.4, -0.2) is 18.7 Å². The van der Waals surface area contributed by atoms with Gasteiger partial charge in [-0.25, -0.2) is 5.43 Å². The summed E-state index contributed by atoms with van der Waals surface area (Å²) in [6, 6.07) is 17.7. The van der Waals surface area contributed by atoms with E-state index in [9.17, 15) is 4.79 Å². The first-order valence-electron chi connectivity index (χ1n) is 7.72. The van der Waals surface area contributed by atoms with Gasteiger partial charge in [0, 0.05) is 12.6 Å². The van der Waals surface area contributed by atoms with Crippen LogP contribution in [0.2, 0.25) is 0 Å². The Kier molecular flexibility index (Phi) is 6.36. The van der Waals surface area contributed by atoms with E-state index in [2.05, 4.69) is 24.4 Å². The molecular weight excluding hydrogens is 288 g/mol. The molecule has 0 aromatic heterocycles. The summed E-state index contributed by atoms with van der Waals surface area (Å²) in [5.41, 5.74) is 4.85. The number of hydrogen-bond donors (Lipinski definition) is 1. The van der Waals surface area contributed by atoms with Crippen LogP contribution in [0, 0.1) is 0 Å². The Morgan fingerprint density at radius 3 is 2.48 bits per heavy atom. The number of nitrogens with one attached hydrogen (secondary N) is 1. The van der Waals surface area contributed by atoms with Gasteiger partial charge in [0.2, 0.25) is 0 Å². The number of carbonyl (C=O) groups excluding carboxylic acids is 1. The van der Waals surface area contributed by atoms with Crippen LogP contribution in [0.15, 0.2) is 59.7 Å². The van der Waals surface area contributed by atoms with E-state index in [1.807, 2.05) is 54.6 Å². The van der Waals surface area contributed by atoms with E-state index in [0.717, 1.165) is 5.56 Å². The molecule has 0 heterocycles. The summed E-state index contributed by atoms with van der Waals surface area (Å²) in [4.78, 5) is 11.7. The van der Waals surface area contributed by atoms with Gasteiger partial charge in [0.05, 0.1) is 0 Å². The number of hydrazone groups is 1. The van der Waals surface area contributed by atoms with Gasteiger partial charge >= 0.3 is 0 Å². The van der Waals surface area contributed by atoms with E-state index in [-0.39, 0.29) is 12.5 Å².